The molecule has 40 heavy (non-hydrogen) atoms. The van der Waals surface area contributed by atoms with Gasteiger partial charge in [0.15, 0.2) is 0 Å². The van der Waals surface area contributed by atoms with Gasteiger partial charge in [-0.05, 0) is 86.5 Å². The second-order valence-electron chi connectivity index (χ2n) is 8.91. The van der Waals surface area contributed by atoms with Crippen LogP contribution >= 0.6 is 11.6 Å². The van der Waals surface area contributed by atoms with Crippen molar-refractivity contribution in [3.63, 3.8) is 0 Å². The average molecular weight is 608 g/mol. The molecule has 1 heterocycles. The first kappa shape index (κ1) is 29.7. The van der Waals surface area contributed by atoms with Crippen LogP contribution in [0.25, 0.3) is 0 Å². The predicted molar refractivity (Wildman–Crippen MR) is 153 cm³/mol. The lowest BCUT2D eigenvalue weighted by atomic mass is 10.2. The average Bonchev–Trinajstić information content (AvgIpc) is 3.49. The number of halogens is 1. The van der Waals surface area contributed by atoms with Crippen molar-refractivity contribution in [2.45, 2.75) is 29.6 Å². The molecular weight excluding hydrogens is 578 g/mol. The molecule has 10 nitrogen and oxygen atoms in total. The number of amides is 1. The minimum atomic E-state index is -4.20. The van der Waals surface area contributed by atoms with Gasteiger partial charge >= 0.3 is 0 Å². The second-order valence-corrected chi connectivity index (χ2v) is 13.2. The van der Waals surface area contributed by atoms with Crippen LogP contribution in [0.4, 0.5) is 11.4 Å². The van der Waals surface area contributed by atoms with Crippen LogP contribution in [-0.4, -0.2) is 60.4 Å². The summed E-state index contributed by atoms with van der Waals surface area (Å²) in [4.78, 5) is 13.2. The highest BCUT2D eigenvalue weighted by Gasteiger charge is 2.30. The quantitative estimate of drug-likeness (QED) is 0.343. The van der Waals surface area contributed by atoms with Crippen molar-refractivity contribution in [1.29, 1.82) is 0 Å². The van der Waals surface area contributed by atoms with E-state index < -0.39 is 32.5 Å². The van der Waals surface area contributed by atoms with E-state index in [2.05, 4.69) is 5.32 Å². The fraction of sp³-hybridized carbons (Fsp3) is 0.296. The van der Waals surface area contributed by atoms with Crippen molar-refractivity contribution >= 4 is 48.9 Å². The van der Waals surface area contributed by atoms with Crippen molar-refractivity contribution in [2.24, 2.45) is 0 Å². The van der Waals surface area contributed by atoms with Gasteiger partial charge < -0.3 is 14.8 Å². The number of sulfonamides is 2. The molecule has 0 bridgehead atoms. The number of anilines is 2. The van der Waals surface area contributed by atoms with Gasteiger partial charge in [0.25, 0.3) is 10.0 Å². The number of carbonyl (C=O) groups excluding carboxylic acids is 1. The Morgan fingerprint density at radius 1 is 0.950 bits per heavy atom. The van der Waals surface area contributed by atoms with Crippen molar-refractivity contribution in [1.82, 2.24) is 4.31 Å². The van der Waals surface area contributed by atoms with E-state index in [9.17, 15) is 21.6 Å². The van der Waals surface area contributed by atoms with Crippen LogP contribution in [0.15, 0.2) is 76.5 Å². The number of carbonyl (C=O) groups is 1. The maximum Gasteiger partial charge on any atom is 0.264 e. The van der Waals surface area contributed by atoms with Gasteiger partial charge in [-0.25, -0.2) is 16.8 Å². The molecule has 1 aliphatic heterocycles. The van der Waals surface area contributed by atoms with Gasteiger partial charge in [0.2, 0.25) is 15.9 Å². The van der Waals surface area contributed by atoms with Gasteiger partial charge in [0, 0.05) is 18.1 Å². The monoisotopic (exact) mass is 607 g/mol. The van der Waals surface area contributed by atoms with Crippen LogP contribution in [-0.2, 0) is 24.8 Å². The number of rotatable bonds is 11. The maximum absolute atomic E-state index is 13.7. The van der Waals surface area contributed by atoms with Crippen molar-refractivity contribution in [3.05, 3.63) is 71.8 Å². The lowest BCUT2D eigenvalue weighted by molar-refractivity contribution is -0.114. The summed E-state index contributed by atoms with van der Waals surface area (Å²) in [5, 5.41) is 2.99. The third-order valence-corrected chi connectivity index (χ3v) is 10.2. The van der Waals surface area contributed by atoms with Crippen LogP contribution in [0.2, 0.25) is 5.02 Å². The van der Waals surface area contributed by atoms with E-state index in [1.807, 2.05) is 6.92 Å². The van der Waals surface area contributed by atoms with Gasteiger partial charge in [0.05, 0.1) is 34.9 Å². The third-order valence-electron chi connectivity index (χ3n) is 6.27. The van der Waals surface area contributed by atoms with Crippen LogP contribution in [0.5, 0.6) is 11.5 Å². The predicted octanol–water partition coefficient (Wildman–Crippen LogP) is 4.37. The third kappa shape index (κ3) is 6.52. The molecule has 214 valence electrons. The zero-order valence-corrected chi connectivity index (χ0v) is 24.4. The molecule has 0 atom stereocenters. The zero-order chi connectivity index (χ0) is 28.9. The molecule has 4 rings (SSSR count). The van der Waals surface area contributed by atoms with Crippen LogP contribution in [0.3, 0.4) is 0 Å². The molecule has 1 amide bonds. The lowest BCUT2D eigenvalue weighted by Gasteiger charge is -2.24. The number of hydrogen-bond acceptors (Lipinski definition) is 7. The lowest BCUT2D eigenvalue weighted by Crippen LogP contribution is -2.38. The smallest absolute Gasteiger partial charge is 0.264 e. The Labute approximate surface area is 239 Å². The van der Waals surface area contributed by atoms with Gasteiger partial charge in [-0.2, -0.15) is 4.31 Å². The van der Waals surface area contributed by atoms with Crippen molar-refractivity contribution in [3.8, 4) is 11.5 Å². The number of benzene rings is 3. The largest absolute Gasteiger partial charge is 0.495 e. The van der Waals surface area contributed by atoms with Crippen molar-refractivity contribution in [2.75, 3.05) is 43.0 Å². The Hall–Kier alpha value is -3.32. The van der Waals surface area contributed by atoms with Crippen LogP contribution < -0.4 is 19.1 Å². The highest BCUT2D eigenvalue weighted by molar-refractivity contribution is 7.92. The fourth-order valence-corrected chi connectivity index (χ4v) is 7.36. The Bertz CT molecular complexity index is 1560. The van der Waals surface area contributed by atoms with Crippen LogP contribution in [0, 0.1) is 0 Å². The normalized spacial score (nSPS) is 14.1. The first-order valence-electron chi connectivity index (χ1n) is 12.6. The molecule has 1 saturated heterocycles. The minimum Gasteiger partial charge on any atom is -0.495 e. The highest BCUT2D eigenvalue weighted by Crippen LogP contribution is 2.31. The summed E-state index contributed by atoms with van der Waals surface area (Å²) in [6, 6.07) is 16.1. The van der Waals surface area contributed by atoms with E-state index in [0.717, 1.165) is 17.1 Å². The summed E-state index contributed by atoms with van der Waals surface area (Å²) in [5.74, 6) is 0.0580. The molecule has 13 heteroatoms. The Morgan fingerprint density at radius 3 is 2.17 bits per heavy atom. The Morgan fingerprint density at radius 2 is 1.57 bits per heavy atom. The van der Waals surface area contributed by atoms with Gasteiger partial charge in [-0.15, -0.1) is 0 Å². The molecule has 1 aliphatic rings. The molecule has 0 saturated carbocycles. The highest BCUT2D eigenvalue weighted by atomic mass is 35.5. The maximum atomic E-state index is 13.7. The summed E-state index contributed by atoms with van der Waals surface area (Å²) < 4.78 is 66.6. The summed E-state index contributed by atoms with van der Waals surface area (Å²) in [5.41, 5.74) is 0.328. The molecule has 0 aliphatic carbocycles. The Balaban J connectivity index is 1.65. The fourth-order valence-electron chi connectivity index (χ4n) is 4.27. The van der Waals surface area contributed by atoms with E-state index in [-0.39, 0.29) is 26.9 Å². The van der Waals surface area contributed by atoms with E-state index in [0.29, 0.717) is 30.5 Å². The molecule has 3 aromatic rings. The summed E-state index contributed by atoms with van der Waals surface area (Å²) in [6.45, 7) is 2.51. The zero-order valence-electron chi connectivity index (χ0n) is 22.0. The first-order chi connectivity index (χ1) is 19.1. The number of methoxy groups -OCH3 is 1. The number of nitrogens with one attached hydrogen (secondary N) is 1. The topological polar surface area (TPSA) is 122 Å². The van der Waals surface area contributed by atoms with E-state index >= 15 is 0 Å². The molecule has 0 aromatic heterocycles. The summed E-state index contributed by atoms with van der Waals surface area (Å²) >= 11 is 5.95. The Kier molecular flexibility index (Phi) is 9.24. The standard InChI is InChI=1S/C27H30ClN3O7S2/c1-3-38-22-10-8-21(9-11-22)31(40(35,36)23-12-6-20(28)7-13-23)19-27(32)29-25-18-24(14-15-26(25)37-2)39(33,34)30-16-4-5-17-30/h6-15,18H,3-5,16-17,19H2,1-2H3,(H,29,32). The molecule has 1 N–H and O–H groups in total. The molecule has 3 aromatic carbocycles. The van der Waals surface area contributed by atoms with E-state index in [1.165, 1.54) is 66.0 Å². The molecule has 0 radical (unpaired) electrons. The van der Waals surface area contributed by atoms with Gasteiger partial charge in [-0.1, -0.05) is 11.6 Å². The summed E-state index contributed by atoms with van der Waals surface area (Å²) in [6.07, 6.45) is 1.56. The molecule has 0 spiro atoms. The van der Waals surface area contributed by atoms with Gasteiger partial charge in [-0.3, -0.25) is 9.10 Å². The first-order valence-corrected chi connectivity index (χ1v) is 15.8. The van der Waals surface area contributed by atoms with Crippen LogP contribution in [0.1, 0.15) is 19.8 Å². The van der Waals surface area contributed by atoms with E-state index in [4.69, 9.17) is 21.1 Å². The second kappa shape index (κ2) is 12.5. The molecular formula is C27H30ClN3O7S2. The van der Waals surface area contributed by atoms with Gasteiger partial charge in [0.1, 0.15) is 18.0 Å². The van der Waals surface area contributed by atoms with Crippen molar-refractivity contribution < 1.29 is 31.1 Å². The number of ether oxygens (including phenoxy) is 2. The SMILES string of the molecule is CCOc1ccc(N(CC(=O)Nc2cc(S(=O)(=O)N3CCCC3)ccc2OC)S(=O)(=O)c2ccc(Cl)cc2)cc1. The number of nitrogens with zero attached hydrogens (tertiary/aromatic N) is 2. The molecule has 0 unspecified atom stereocenters. The summed E-state index contributed by atoms with van der Waals surface area (Å²) in [7, 11) is -6.58. The molecule has 1 fully saturated rings. The minimum absolute atomic E-state index is 0.00246. The van der Waals surface area contributed by atoms with E-state index in [1.54, 1.807) is 12.1 Å². The number of hydrogen-bond donors (Lipinski definition) is 1.